The van der Waals surface area contributed by atoms with Crippen molar-refractivity contribution in [3.05, 3.63) is 82.8 Å². The van der Waals surface area contributed by atoms with Crippen molar-refractivity contribution in [3.63, 3.8) is 0 Å². The predicted octanol–water partition coefficient (Wildman–Crippen LogP) is 4.61. The van der Waals surface area contributed by atoms with Crippen LogP contribution in [0.3, 0.4) is 0 Å². The molecule has 2 atom stereocenters. The van der Waals surface area contributed by atoms with Crippen molar-refractivity contribution < 1.29 is 18.7 Å². The average molecular weight is 424 g/mol. The van der Waals surface area contributed by atoms with Crippen LogP contribution in [-0.4, -0.2) is 27.2 Å². The Hall–Kier alpha value is -2.93. The highest BCUT2D eigenvalue weighted by Crippen LogP contribution is 2.44. The molecule has 4 rings (SSSR count). The molecular formula is C23H21FN2O3S. The van der Waals surface area contributed by atoms with Gasteiger partial charge in [-0.25, -0.2) is 14.2 Å². The fourth-order valence-electron chi connectivity index (χ4n) is 3.64. The Balaban J connectivity index is 1.72. The van der Waals surface area contributed by atoms with Crippen LogP contribution >= 0.6 is 11.8 Å². The molecule has 154 valence electrons. The van der Waals surface area contributed by atoms with Gasteiger partial charge in [0.2, 0.25) is 5.91 Å². The van der Waals surface area contributed by atoms with Crippen LogP contribution in [0.5, 0.6) is 0 Å². The molecule has 5 nitrogen and oxygen atoms in total. The molecule has 0 bridgehead atoms. The number of benzene rings is 2. The number of halogens is 1. The van der Waals surface area contributed by atoms with Gasteiger partial charge in [-0.3, -0.25) is 9.69 Å². The number of allylic oxidation sites excluding steroid dienone is 1. The van der Waals surface area contributed by atoms with Gasteiger partial charge in [0, 0.05) is 0 Å². The summed E-state index contributed by atoms with van der Waals surface area (Å²) in [4.78, 5) is 32.2. The predicted molar refractivity (Wildman–Crippen MR) is 114 cm³/mol. The summed E-state index contributed by atoms with van der Waals surface area (Å²) in [5.41, 5.74) is 2.10. The van der Waals surface area contributed by atoms with E-state index < -0.39 is 17.8 Å². The second-order valence-corrected chi connectivity index (χ2v) is 8.31. The molecule has 1 amide bonds. The number of amidine groups is 1. The summed E-state index contributed by atoms with van der Waals surface area (Å²) in [6.45, 7) is 3.75. The van der Waals surface area contributed by atoms with Crippen molar-refractivity contribution in [2.75, 3.05) is 0 Å². The minimum atomic E-state index is -0.770. The van der Waals surface area contributed by atoms with Crippen molar-refractivity contribution in [2.24, 2.45) is 4.99 Å². The number of nitrogens with zero attached hydrogens (tertiary/aromatic N) is 2. The van der Waals surface area contributed by atoms with Crippen LogP contribution in [0, 0.1) is 5.82 Å². The smallest absolute Gasteiger partial charge is 0.338 e. The molecule has 2 aromatic rings. The molecule has 7 heteroatoms. The lowest BCUT2D eigenvalue weighted by atomic mass is 9.94. The minimum absolute atomic E-state index is 0.100. The molecule has 1 saturated heterocycles. The lowest BCUT2D eigenvalue weighted by Crippen LogP contribution is -2.40. The number of hydrogen-bond donors (Lipinski definition) is 0. The summed E-state index contributed by atoms with van der Waals surface area (Å²) in [6, 6.07) is 14.5. The standard InChI is InChI=1S/C23H21FN2O3S/c1-3-18-21(27)26-20(16-10-7-11-17(24)12-16)19(14(2)25-23(26)30-18)22(28)29-13-15-8-5-4-6-9-15/h4-12,18,20H,3,13H2,1-2H3/t18-,20-/m1/s1. The first kappa shape index (κ1) is 20.3. The summed E-state index contributed by atoms with van der Waals surface area (Å²) in [7, 11) is 0. The van der Waals surface area contributed by atoms with E-state index in [4.69, 9.17) is 4.74 Å². The van der Waals surface area contributed by atoms with E-state index in [1.807, 2.05) is 37.3 Å². The first-order valence-electron chi connectivity index (χ1n) is 9.75. The van der Waals surface area contributed by atoms with Crippen molar-refractivity contribution in [2.45, 2.75) is 38.2 Å². The highest BCUT2D eigenvalue weighted by atomic mass is 32.2. The van der Waals surface area contributed by atoms with Gasteiger partial charge < -0.3 is 4.74 Å². The van der Waals surface area contributed by atoms with Crippen LogP contribution in [0.15, 0.2) is 70.9 Å². The second kappa shape index (κ2) is 8.44. The van der Waals surface area contributed by atoms with Gasteiger partial charge in [0.05, 0.1) is 22.6 Å². The van der Waals surface area contributed by atoms with E-state index >= 15 is 0 Å². The van der Waals surface area contributed by atoms with Crippen molar-refractivity contribution in [1.29, 1.82) is 0 Å². The monoisotopic (exact) mass is 424 g/mol. The maximum Gasteiger partial charge on any atom is 0.338 e. The zero-order valence-corrected chi connectivity index (χ0v) is 17.5. The summed E-state index contributed by atoms with van der Waals surface area (Å²) in [5.74, 6) is -1.12. The quantitative estimate of drug-likeness (QED) is 0.658. The highest BCUT2D eigenvalue weighted by Gasteiger charge is 2.47. The van der Waals surface area contributed by atoms with E-state index in [9.17, 15) is 14.0 Å². The van der Waals surface area contributed by atoms with E-state index in [-0.39, 0.29) is 23.3 Å². The van der Waals surface area contributed by atoms with Crippen molar-refractivity contribution in [1.82, 2.24) is 4.90 Å². The minimum Gasteiger partial charge on any atom is -0.457 e. The lowest BCUT2D eigenvalue weighted by Gasteiger charge is -2.33. The Morgan fingerprint density at radius 3 is 2.67 bits per heavy atom. The number of carbonyl (C=O) groups excluding carboxylic acids is 2. The van der Waals surface area contributed by atoms with Gasteiger partial charge in [-0.15, -0.1) is 0 Å². The van der Waals surface area contributed by atoms with Crippen LogP contribution in [0.4, 0.5) is 4.39 Å². The highest BCUT2D eigenvalue weighted by molar-refractivity contribution is 8.15. The average Bonchev–Trinajstić information content (AvgIpc) is 3.06. The fourth-order valence-corrected chi connectivity index (χ4v) is 4.78. The van der Waals surface area contributed by atoms with Crippen molar-refractivity contribution >= 4 is 28.8 Å². The van der Waals surface area contributed by atoms with Crippen LogP contribution < -0.4 is 0 Å². The van der Waals surface area contributed by atoms with Crippen molar-refractivity contribution in [3.8, 4) is 0 Å². The molecule has 2 heterocycles. The number of hydrogen-bond acceptors (Lipinski definition) is 5. The molecule has 2 aliphatic heterocycles. The number of carbonyl (C=O) groups is 2. The lowest BCUT2D eigenvalue weighted by molar-refractivity contribution is -0.141. The summed E-state index contributed by atoms with van der Waals surface area (Å²) < 4.78 is 19.6. The molecule has 0 radical (unpaired) electrons. The Morgan fingerprint density at radius 2 is 1.97 bits per heavy atom. The molecule has 0 saturated carbocycles. The van der Waals surface area contributed by atoms with E-state index in [1.54, 1.807) is 19.1 Å². The molecule has 1 fully saturated rings. The van der Waals surface area contributed by atoms with Gasteiger partial charge in [-0.05, 0) is 36.6 Å². The molecule has 2 aliphatic rings. The van der Waals surface area contributed by atoms with Gasteiger partial charge in [-0.1, -0.05) is 61.2 Å². The number of rotatable bonds is 5. The largest absolute Gasteiger partial charge is 0.457 e. The molecule has 0 N–H and O–H groups in total. The van der Waals surface area contributed by atoms with E-state index in [0.29, 0.717) is 22.8 Å². The number of aliphatic imine (C=N–C) groups is 1. The zero-order valence-electron chi connectivity index (χ0n) is 16.7. The van der Waals surface area contributed by atoms with Gasteiger partial charge in [0.1, 0.15) is 12.4 Å². The Morgan fingerprint density at radius 1 is 1.20 bits per heavy atom. The molecule has 0 aromatic heterocycles. The molecule has 0 unspecified atom stereocenters. The van der Waals surface area contributed by atoms with Gasteiger partial charge in [-0.2, -0.15) is 0 Å². The Kier molecular flexibility index (Phi) is 5.72. The number of ether oxygens (including phenoxy) is 1. The maximum absolute atomic E-state index is 14.0. The third kappa shape index (κ3) is 3.77. The van der Waals surface area contributed by atoms with E-state index in [2.05, 4.69) is 4.99 Å². The number of thioether (sulfide) groups is 1. The Labute approximate surface area is 178 Å². The number of amides is 1. The summed E-state index contributed by atoms with van der Waals surface area (Å²) in [5, 5.41) is 0.269. The van der Waals surface area contributed by atoms with Crippen LogP contribution in [0.2, 0.25) is 0 Å². The third-order valence-corrected chi connectivity index (χ3v) is 6.44. The zero-order chi connectivity index (χ0) is 21.3. The molecule has 30 heavy (non-hydrogen) atoms. The topological polar surface area (TPSA) is 59.0 Å². The second-order valence-electron chi connectivity index (χ2n) is 7.14. The van der Waals surface area contributed by atoms with Crippen LogP contribution in [-0.2, 0) is 20.9 Å². The number of fused-ring (bicyclic) bond motifs is 1. The molecular weight excluding hydrogens is 403 g/mol. The first-order chi connectivity index (χ1) is 14.5. The van der Waals surface area contributed by atoms with E-state index in [1.165, 1.54) is 28.8 Å². The van der Waals surface area contributed by atoms with Gasteiger partial charge >= 0.3 is 5.97 Å². The molecule has 0 spiro atoms. The first-order valence-corrected chi connectivity index (χ1v) is 10.6. The third-order valence-electron chi connectivity index (χ3n) is 5.12. The van der Waals surface area contributed by atoms with E-state index in [0.717, 1.165) is 5.56 Å². The summed E-state index contributed by atoms with van der Waals surface area (Å²) in [6.07, 6.45) is 0.641. The van der Waals surface area contributed by atoms with Crippen LogP contribution in [0.1, 0.15) is 37.4 Å². The Bertz CT molecular complexity index is 1050. The number of esters is 1. The summed E-state index contributed by atoms with van der Waals surface area (Å²) >= 11 is 1.38. The van der Waals surface area contributed by atoms with Gasteiger partial charge in [0.25, 0.3) is 0 Å². The SMILES string of the molecule is CC[C@H]1SC2=NC(C)=C(C(=O)OCc3ccccc3)[C@@H](c3cccc(F)c3)N2C1=O. The molecule has 2 aromatic carbocycles. The van der Waals surface area contributed by atoms with Crippen LogP contribution in [0.25, 0.3) is 0 Å². The molecule has 0 aliphatic carbocycles. The normalized spacial score (nSPS) is 20.8. The fraction of sp³-hybridized carbons (Fsp3) is 0.261. The maximum atomic E-state index is 14.0. The van der Waals surface area contributed by atoms with Gasteiger partial charge in [0.15, 0.2) is 5.17 Å².